The fourth-order valence-corrected chi connectivity index (χ4v) is 6.03. The lowest BCUT2D eigenvalue weighted by Crippen LogP contribution is -2.42. The Balaban J connectivity index is 1.84. The number of nitrogens with one attached hydrogen (secondary N) is 2. The number of hydrogen-bond acceptors (Lipinski definition) is 10. The summed E-state index contributed by atoms with van der Waals surface area (Å²) in [6, 6.07) is 7.10. The third-order valence-electron chi connectivity index (χ3n) is 5.63. The van der Waals surface area contributed by atoms with Crippen molar-refractivity contribution in [1.82, 2.24) is 9.03 Å². The fourth-order valence-electron chi connectivity index (χ4n) is 3.73. The maximum Gasteiger partial charge on any atom is 0.266 e. The molecule has 0 spiro atoms. The summed E-state index contributed by atoms with van der Waals surface area (Å²) in [6.45, 7) is 5.27. The number of phenols is 1. The maximum atomic E-state index is 13.1. The average molecular weight is 541 g/mol. The van der Waals surface area contributed by atoms with Crippen molar-refractivity contribution < 1.29 is 35.8 Å². The van der Waals surface area contributed by atoms with Crippen molar-refractivity contribution in [2.24, 2.45) is 4.99 Å². The van der Waals surface area contributed by atoms with Gasteiger partial charge in [-0.05, 0) is 44.5 Å². The number of phenolic OH excluding ortho intramolecular Hbond substituents is 1. The first-order valence-electron chi connectivity index (χ1n) is 11.1. The molecule has 0 amide bonds. The van der Waals surface area contributed by atoms with Crippen molar-refractivity contribution >= 4 is 31.6 Å². The fraction of sp³-hybridized carbons (Fsp3) is 0.409. The number of furan rings is 1. The average Bonchev–Trinajstić information content (AvgIpc) is 3.31. The van der Waals surface area contributed by atoms with E-state index in [0.717, 1.165) is 4.31 Å². The van der Waals surface area contributed by atoms with Gasteiger partial charge in [0.25, 0.3) is 10.0 Å². The summed E-state index contributed by atoms with van der Waals surface area (Å²) in [5.74, 6) is 0.581. The quantitative estimate of drug-likeness (QED) is 0.427. The van der Waals surface area contributed by atoms with Gasteiger partial charge in [-0.2, -0.15) is 0 Å². The number of hydrogen-bond donors (Lipinski definition) is 3. The van der Waals surface area contributed by atoms with E-state index in [1.165, 1.54) is 32.3 Å². The molecule has 0 aliphatic carbocycles. The highest BCUT2D eigenvalue weighted by atomic mass is 32.2. The molecule has 2 aromatic rings. The third kappa shape index (κ3) is 4.74. The zero-order valence-corrected chi connectivity index (χ0v) is 22.0. The van der Waals surface area contributed by atoms with Gasteiger partial charge in [0.15, 0.2) is 17.9 Å². The lowest BCUT2D eigenvalue weighted by Gasteiger charge is -2.34. The molecule has 3 heterocycles. The molecule has 1 atom stereocenters. The minimum Gasteiger partial charge on any atom is -0.504 e. The van der Waals surface area contributed by atoms with Gasteiger partial charge in [-0.25, -0.2) is 21.1 Å². The molecule has 2 aliphatic heterocycles. The SMILES string of the molecule is CC[C@@H](N=C1NS(=O)(=O)C(C2OC(C)O2)=C1Nc1cccc(S(=O)(=O)N(C)C)c1O)c1ccc(C)o1. The van der Waals surface area contributed by atoms with Crippen LogP contribution in [0.3, 0.4) is 0 Å². The molecule has 1 aromatic carbocycles. The zero-order valence-electron chi connectivity index (χ0n) is 20.3. The van der Waals surface area contributed by atoms with Crippen LogP contribution in [0.5, 0.6) is 5.75 Å². The first-order chi connectivity index (χ1) is 16.8. The number of anilines is 1. The lowest BCUT2D eigenvalue weighted by atomic mass is 10.2. The highest BCUT2D eigenvalue weighted by Gasteiger charge is 2.46. The number of nitrogens with zero attached hydrogens (tertiary/aromatic N) is 2. The second kappa shape index (κ2) is 9.52. The first kappa shape index (κ1) is 26.2. The molecule has 0 saturated carbocycles. The Kier molecular flexibility index (Phi) is 6.92. The number of aliphatic imine (C=N–C) groups is 1. The molecule has 0 unspecified atom stereocenters. The van der Waals surface area contributed by atoms with Gasteiger partial charge in [-0.1, -0.05) is 13.0 Å². The van der Waals surface area contributed by atoms with Crippen molar-refractivity contribution in [3.63, 3.8) is 0 Å². The van der Waals surface area contributed by atoms with Crippen LogP contribution in [-0.4, -0.2) is 58.8 Å². The summed E-state index contributed by atoms with van der Waals surface area (Å²) < 4.78 is 71.5. The Bertz CT molecular complexity index is 1440. The molecule has 1 aromatic heterocycles. The van der Waals surface area contributed by atoms with Crippen molar-refractivity contribution in [2.75, 3.05) is 19.4 Å². The van der Waals surface area contributed by atoms with Crippen LogP contribution in [0, 0.1) is 6.92 Å². The van der Waals surface area contributed by atoms with Crippen molar-refractivity contribution in [3.05, 3.63) is 52.5 Å². The third-order valence-corrected chi connectivity index (χ3v) is 8.91. The largest absolute Gasteiger partial charge is 0.504 e. The minimum atomic E-state index is -4.14. The van der Waals surface area contributed by atoms with Crippen LogP contribution in [0.25, 0.3) is 0 Å². The number of amidine groups is 1. The molecule has 3 N–H and O–H groups in total. The first-order valence-corrected chi connectivity index (χ1v) is 14.0. The molecular weight excluding hydrogens is 512 g/mol. The predicted octanol–water partition coefficient (Wildman–Crippen LogP) is 2.37. The molecule has 36 heavy (non-hydrogen) atoms. The second-order valence-electron chi connectivity index (χ2n) is 8.43. The molecule has 0 radical (unpaired) electrons. The molecule has 1 saturated heterocycles. The summed E-state index contributed by atoms with van der Waals surface area (Å²) in [6.07, 6.45) is -1.33. The summed E-state index contributed by atoms with van der Waals surface area (Å²) >= 11 is 0. The number of ether oxygens (including phenoxy) is 2. The number of aryl methyl sites for hydroxylation is 1. The van der Waals surface area contributed by atoms with E-state index in [0.29, 0.717) is 17.9 Å². The van der Waals surface area contributed by atoms with Crippen LogP contribution in [0.4, 0.5) is 5.69 Å². The predicted molar refractivity (Wildman–Crippen MR) is 131 cm³/mol. The summed E-state index contributed by atoms with van der Waals surface area (Å²) in [5.41, 5.74) is -0.0883. The zero-order chi connectivity index (χ0) is 26.4. The standard InChI is InChI=1S/C22H28N4O8S2/c1-6-14(16-11-10-12(2)32-16)24-21-18(20(35(28,29)25-21)22-33-13(3)34-22)23-15-8-7-9-17(19(15)27)36(30,31)26(4)5/h7-11,13-14,22-23,27H,6H2,1-5H3,(H,24,25)/t13?,14-,22?/m1/s1. The normalized spacial score (nSPS) is 23.6. The van der Waals surface area contributed by atoms with E-state index >= 15 is 0 Å². The molecule has 4 rings (SSSR count). The number of sulfonamides is 2. The molecular formula is C22H28N4O8S2. The van der Waals surface area contributed by atoms with Gasteiger partial charge in [0, 0.05) is 14.1 Å². The summed E-state index contributed by atoms with van der Waals surface area (Å²) in [4.78, 5) is 3.96. The van der Waals surface area contributed by atoms with Gasteiger partial charge in [0.05, 0.1) is 5.69 Å². The second-order valence-corrected chi connectivity index (χ2v) is 12.2. The number of rotatable bonds is 8. The molecule has 196 valence electrons. The van der Waals surface area contributed by atoms with Gasteiger partial charge in [-0.3, -0.25) is 9.71 Å². The van der Waals surface area contributed by atoms with Gasteiger partial charge < -0.3 is 24.3 Å². The number of para-hydroxylation sites is 1. The smallest absolute Gasteiger partial charge is 0.266 e. The molecule has 12 nitrogen and oxygen atoms in total. The number of benzene rings is 1. The number of aromatic hydroxyl groups is 1. The van der Waals surface area contributed by atoms with Gasteiger partial charge in [0.2, 0.25) is 16.3 Å². The molecule has 2 aliphatic rings. The van der Waals surface area contributed by atoms with Crippen LogP contribution in [-0.2, 0) is 29.5 Å². The Morgan fingerprint density at radius 2 is 1.92 bits per heavy atom. The van der Waals surface area contributed by atoms with Crippen LogP contribution in [0.1, 0.15) is 37.8 Å². The Morgan fingerprint density at radius 1 is 1.22 bits per heavy atom. The Hall–Kier alpha value is -2.91. The summed E-state index contributed by atoms with van der Waals surface area (Å²) in [5, 5.41) is 13.7. The highest BCUT2D eigenvalue weighted by molar-refractivity contribution is 7.94. The molecule has 14 heteroatoms. The van der Waals surface area contributed by atoms with Gasteiger partial charge in [-0.15, -0.1) is 0 Å². The van der Waals surface area contributed by atoms with Gasteiger partial charge >= 0.3 is 0 Å². The van der Waals surface area contributed by atoms with E-state index in [1.54, 1.807) is 26.0 Å². The van der Waals surface area contributed by atoms with Crippen molar-refractivity contribution in [3.8, 4) is 5.75 Å². The van der Waals surface area contributed by atoms with Crippen LogP contribution >= 0.6 is 0 Å². The van der Waals surface area contributed by atoms with Crippen molar-refractivity contribution in [1.29, 1.82) is 0 Å². The maximum absolute atomic E-state index is 13.1. The lowest BCUT2D eigenvalue weighted by molar-refractivity contribution is -0.356. The van der Waals surface area contributed by atoms with Crippen LogP contribution in [0.15, 0.2) is 55.2 Å². The van der Waals surface area contributed by atoms with E-state index < -0.39 is 44.4 Å². The Morgan fingerprint density at radius 3 is 2.47 bits per heavy atom. The van der Waals surface area contributed by atoms with E-state index in [-0.39, 0.29) is 27.0 Å². The summed E-state index contributed by atoms with van der Waals surface area (Å²) in [7, 11) is -5.45. The van der Waals surface area contributed by atoms with Crippen molar-refractivity contribution in [2.45, 2.75) is 50.7 Å². The van der Waals surface area contributed by atoms with E-state index in [9.17, 15) is 21.9 Å². The topological polar surface area (TPSA) is 160 Å². The van der Waals surface area contributed by atoms with E-state index in [2.05, 4.69) is 15.0 Å². The van der Waals surface area contributed by atoms with Gasteiger partial charge in [0.1, 0.15) is 33.1 Å². The molecule has 1 fully saturated rings. The monoisotopic (exact) mass is 540 g/mol. The van der Waals surface area contributed by atoms with Crippen LogP contribution < -0.4 is 10.0 Å². The minimum absolute atomic E-state index is 0.0386. The highest BCUT2D eigenvalue weighted by Crippen LogP contribution is 2.38. The Labute approximate surface area is 209 Å². The van der Waals surface area contributed by atoms with E-state index in [4.69, 9.17) is 13.9 Å². The van der Waals surface area contributed by atoms with Crippen LogP contribution in [0.2, 0.25) is 0 Å². The van der Waals surface area contributed by atoms with E-state index in [1.807, 2.05) is 6.92 Å². The molecule has 0 bridgehead atoms.